The van der Waals surface area contributed by atoms with Crippen molar-refractivity contribution in [2.75, 3.05) is 19.7 Å². The fraction of sp³-hybridized carbons (Fsp3) is 0.476. The van der Waals surface area contributed by atoms with Gasteiger partial charge in [-0.1, -0.05) is 18.5 Å². The number of rotatable bonds is 8. The quantitative estimate of drug-likeness (QED) is 0.525. The topological polar surface area (TPSA) is 77.5 Å². The Kier molecular flexibility index (Phi) is 6.39. The zero-order valence-corrected chi connectivity index (χ0v) is 17.1. The number of ether oxygens (including phenoxy) is 2. The number of allylic oxidation sites excluding steroid dienone is 3. The molecule has 0 bridgehead atoms. The van der Waals surface area contributed by atoms with Crippen LogP contribution in [0.15, 0.2) is 29.5 Å². The molecular weight excluding hydrogens is 380 g/mol. The molecule has 1 aromatic rings. The third-order valence-electron chi connectivity index (χ3n) is 5.27. The molecule has 1 heterocycles. The van der Waals surface area contributed by atoms with E-state index in [9.17, 15) is 9.59 Å². The molecule has 0 aromatic carbocycles. The predicted octanol–water partition coefficient (Wildman–Crippen LogP) is 3.92. The summed E-state index contributed by atoms with van der Waals surface area (Å²) in [6, 6.07) is 3.11. The van der Waals surface area contributed by atoms with Gasteiger partial charge in [0, 0.05) is 18.0 Å². The zero-order valence-electron chi connectivity index (χ0n) is 16.4. The van der Waals surface area contributed by atoms with Crippen molar-refractivity contribution < 1.29 is 19.1 Å². The van der Waals surface area contributed by atoms with Gasteiger partial charge in [0.25, 0.3) is 5.91 Å². The number of methoxy groups -OCH3 is 1. The normalized spacial score (nSPS) is 18.7. The molecule has 1 atom stereocenters. The van der Waals surface area contributed by atoms with Crippen LogP contribution in [0.25, 0.3) is 5.57 Å². The maximum atomic E-state index is 12.5. The van der Waals surface area contributed by atoms with E-state index in [0.29, 0.717) is 18.0 Å². The molecule has 150 valence electrons. The lowest BCUT2D eigenvalue weighted by molar-refractivity contribution is 0.0566. The highest BCUT2D eigenvalue weighted by molar-refractivity contribution is 6.17. The summed E-state index contributed by atoms with van der Waals surface area (Å²) in [6.07, 6.45) is 5.05. The van der Waals surface area contributed by atoms with Crippen molar-refractivity contribution in [1.82, 2.24) is 10.3 Å². The number of carbonyl (C=O) groups excluding carboxylic acids is 2. The second-order valence-electron chi connectivity index (χ2n) is 7.10. The van der Waals surface area contributed by atoms with Crippen LogP contribution in [0.1, 0.15) is 59.7 Å². The fourth-order valence-electron chi connectivity index (χ4n) is 3.51. The first-order chi connectivity index (χ1) is 13.5. The predicted molar refractivity (Wildman–Crippen MR) is 107 cm³/mol. The van der Waals surface area contributed by atoms with Crippen molar-refractivity contribution >= 4 is 29.1 Å². The van der Waals surface area contributed by atoms with Crippen LogP contribution in [0.4, 0.5) is 0 Å². The number of hydrogen-bond donors (Lipinski definition) is 1. The van der Waals surface area contributed by atoms with Gasteiger partial charge in [-0.05, 0) is 61.5 Å². The van der Waals surface area contributed by atoms with E-state index >= 15 is 0 Å². The van der Waals surface area contributed by atoms with Crippen LogP contribution < -0.4 is 5.32 Å². The van der Waals surface area contributed by atoms with Crippen LogP contribution in [0.5, 0.6) is 0 Å². The second-order valence-corrected chi connectivity index (χ2v) is 7.32. The Labute approximate surface area is 170 Å². The summed E-state index contributed by atoms with van der Waals surface area (Å²) < 4.78 is 10.4. The minimum Gasteiger partial charge on any atom is -0.497 e. The molecule has 1 fully saturated rings. The number of aromatic nitrogens is 1. The molecule has 6 nitrogen and oxygen atoms in total. The summed E-state index contributed by atoms with van der Waals surface area (Å²) in [5.74, 6) is 0.497. The molecular formula is C21H25ClN2O4. The van der Waals surface area contributed by atoms with E-state index in [-0.39, 0.29) is 29.3 Å². The van der Waals surface area contributed by atoms with Crippen LogP contribution in [0.3, 0.4) is 0 Å². The zero-order chi connectivity index (χ0) is 20.3. The van der Waals surface area contributed by atoms with Gasteiger partial charge in [-0.15, -0.1) is 0 Å². The molecule has 2 aliphatic carbocycles. The van der Waals surface area contributed by atoms with E-state index in [4.69, 9.17) is 21.1 Å². The minimum atomic E-state index is -0.652. The molecule has 1 saturated carbocycles. The van der Waals surface area contributed by atoms with Crippen molar-refractivity contribution in [2.24, 2.45) is 11.8 Å². The Morgan fingerprint density at radius 3 is 2.68 bits per heavy atom. The average molecular weight is 405 g/mol. The number of alkyl halides is 1. The van der Waals surface area contributed by atoms with Crippen molar-refractivity contribution in [1.29, 1.82) is 0 Å². The maximum absolute atomic E-state index is 12.5. The third-order valence-corrected chi connectivity index (χ3v) is 5.38. The van der Waals surface area contributed by atoms with E-state index in [1.165, 1.54) is 0 Å². The molecule has 0 unspecified atom stereocenters. The highest BCUT2D eigenvalue weighted by Crippen LogP contribution is 2.41. The summed E-state index contributed by atoms with van der Waals surface area (Å²) in [5.41, 5.74) is 2.94. The van der Waals surface area contributed by atoms with Crippen LogP contribution in [-0.4, -0.2) is 36.6 Å². The van der Waals surface area contributed by atoms with E-state index in [1.54, 1.807) is 19.2 Å². The van der Waals surface area contributed by atoms with Crippen molar-refractivity contribution in [3.8, 4) is 0 Å². The molecule has 2 aliphatic rings. The molecule has 1 amide bonds. The highest BCUT2D eigenvalue weighted by Gasteiger charge is 2.30. The number of esters is 1. The summed E-state index contributed by atoms with van der Waals surface area (Å²) in [4.78, 5) is 29.3. The Morgan fingerprint density at radius 1 is 1.32 bits per heavy atom. The number of nitrogens with zero attached hydrogens (tertiary/aromatic N) is 1. The summed E-state index contributed by atoms with van der Waals surface area (Å²) in [6.45, 7) is 4.72. The molecule has 28 heavy (non-hydrogen) atoms. The standard InChI is InChI=1S/C21H25ClN2O4/c1-4-14-12(2)18(27-3)9-16(14)15-7-8-17(20(25)23-10-13-5-6-13)24-19(15)21(26)28-11-22/h7-9,13-14H,4-6,10-11H2,1-3H3,(H,23,25)/t14-/m1/s1. The summed E-state index contributed by atoms with van der Waals surface area (Å²) >= 11 is 5.58. The Balaban J connectivity index is 1.96. The lowest BCUT2D eigenvalue weighted by Gasteiger charge is -2.17. The van der Waals surface area contributed by atoms with Gasteiger partial charge in [0.05, 0.1) is 7.11 Å². The molecule has 0 aliphatic heterocycles. The van der Waals surface area contributed by atoms with Gasteiger partial charge >= 0.3 is 5.97 Å². The van der Waals surface area contributed by atoms with E-state index in [1.807, 2.05) is 13.0 Å². The molecule has 0 saturated heterocycles. The number of pyridine rings is 1. The summed E-state index contributed by atoms with van der Waals surface area (Å²) in [7, 11) is 1.62. The van der Waals surface area contributed by atoms with Gasteiger partial charge in [0.1, 0.15) is 11.5 Å². The van der Waals surface area contributed by atoms with Crippen LogP contribution in [-0.2, 0) is 9.47 Å². The highest BCUT2D eigenvalue weighted by atomic mass is 35.5. The lowest BCUT2D eigenvalue weighted by Crippen LogP contribution is -2.27. The number of hydrogen-bond acceptors (Lipinski definition) is 5. The third kappa shape index (κ3) is 4.22. The van der Waals surface area contributed by atoms with Gasteiger partial charge in [0.15, 0.2) is 11.8 Å². The molecule has 3 rings (SSSR count). The SMILES string of the molecule is CC[C@H]1C(c2ccc(C(=O)NCC3CC3)nc2C(=O)OCCl)=CC(OC)=C1C. The van der Waals surface area contributed by atoms with Crippen LogP contribution in [0, 0.1) is 11.8 Å². The van der Waals surface area contributed by atoms with Crippen molar-refractivity contribution in [2.45, 2.75) is 33.1 Å². The number of halogens is 1. The first kappa shape index (κ1) is 20.4. The van der Waals surface area contributed by atoms with E-state index in [2.05, 4.69) is 17.2 Å². The number of nitrogens with one attached hydrogen (secondary N) is 1. The minimum absolute atomic E-state index is 0.0922. The van der Waals surface area contributed by atoms with Gasteiger partial charge in [0.2, 0.25) is 0 Å². The number of amides is 1. The fourth-order valence-corrected chi connectivity index (χ4v) is 3.61. The first-order valence-corrected chi connectivity index (χ1v) is 10.0. The molecule has 1 N–H and O–H groups in total. The second kappa shape index (κ2) is 8.78. The van der Waals surface area contributed by atoms with Gasteiger partial charge in [-0.3, -0.25) is 4.79 Å². The van der Waals surface area contributed by atoms with Gasteiger partial charge < -0.3 is 14.8 Å². The number of carbonyl (C=O) groups is 2. The van der Waals surface area contributed by atoms with Gasteiger partial charge in [-0.25, -0.2) is 9.78 Å². The average Bonchev–Trinajstić information content (AvgIpc) is 3.47. The van der Waals surface area contributed by atoms with Crippen LogP contribution >= 0.6 is 11.6 Å². The first-order valence-electron chi connectivity index (χ1n) is 9.49. The molecule has 1 aromatic heterocycles. The van der Waals surface area contributed by atoms with Crippen molar-refractivity contribution in [3.63, 3.8) is 0 Å². The molecule has 7 heteroatoms. The van der Waals surface area contributed by atoms with Gasteiger partial charge in [-0.2, -0.15) is 0 Å². The van der Waals surface area contributed by atoms with E-state index in [0.717, 1.165) is 36.2 Å². The molecule has 0 radical (unpaired) electrons. The Bertz CT molecular complexity index is 843. The molecule has 0 spiro atoms. The Hall–Kier alpha value is -2.34. The largest absolute Gasteiger partial charge is 0.497 e. The lowest BCUT2D eigenvalue weighted by atomic mass is 9.88. The maximum Gasteiger partial charge on any atom is 0.358 e. The Morgan fingerprint density at radius 2 is 2.07 bits per heavy atom. The monoisotopic (exact) mass is 404 g/mol. The van der Waals surface area contributed by atoms with Crippen molar-refractivity contribution in [3.05, 3.63) is 46.5 Å². The smallest absolute Gasteiger partial charge is 0.358 e. The van der Waals surface area contributed by atoms with Crippen LogP contribution in [0.2, 0.25) is 0 Å². The summed E-state index contributed by atoms with van der Waals surface area (Å²) in [5, 5.41) is 2.87. The van der Waals surface area contributed by atoms with E-state index < -0.39 is 5.97 Å².